The van der Waals surface area contributed by atoms with Crippen LogP contribution in [0, 0.1) is 0 Å². The fourth-order valence-corrected chi connectivity index (χ4v) is 2.66. The third-order valence-electron chi connectivity index (χ3n) is 2.49. The summed E-state index contributed by atoms with van der Waals surface area (Å²) in [4.78, 5) is 10.5. The predicted molar refractivity (Wildman–Crippen MR) is 66.3 cm³/mol. The summed E-state index contributed by atoms with van der Waals surface area (Å²) in [6.45, 7) is 0.196. The van der Waals surface area contributed by atoms with Crippen LogP contribution in [0.5, 0.6) is 0 Å². The minimum absolute atomic E-state index is 0.0361. The SMILES string of the molecule is CC(CO)(CO)NS(=O)(=O)c1ccc(C(=O)O)cc1. The van der Waals surface area contributed by atoms with E-state index in [1.165, 1.54) is 6.92 Å². The number of carboxylic acids is 1. The van der Waals surface area contributed by atoms with Gasteiger partial charge in [-0.3, -0.25) is 0 Å². The predicted octanol–water partition coefficient (Wildman–Crippen LogP) is -0.594. The van der Waals surface area contributed by atoms with Crippen molar-refractivity contribution in [1.82, 2.24) is 4.72 Å². The second-order valence-corrected chi connectivity index (χ2v) is 5.99. The van der Waals surface area contributed by atoms with Gasteiger partial charge in [0.2, 0.25) is 10.0 Å². The number of aliphatic hydroxyl groups is 2. The van der Waals surface area contributed by atoms with Crippen molar-refractivity contribution in [2.75, 3.05) is 13.2 Å². The summed E-state index contributed by atoms with van der Waals surface area (Å²) >= 11 is 0. The summed E-state index contributed by atoms with van der Waals surface area (Å²) in [6.07, 6.45) is 0. The largest absolute Gasteiger partial charge is 0.478 e. The molecule has 0 radical (unpaired) electrons. The summed E-state index contributed by atoms with van der Waals surface area (Å²) < 4.78 is 26.1. The average molecular weight is 289 g/mol. The van der Waals surface area contributed by atoms with Crippen LogP contribution >= 0.6 is 0 Å². The summed E-state index contributed by atoms with van der Waals surface area (Å²) in [6, 6.07) is 4.60. The van der Waals surface area contributed by atoms with Crippen molar-refractivity contribution in [1.29, 1.82) is 0 Å². The second-order valence-electron chi connectivity index (χ2n) is 4.31. The zero-order chi connectivity index (χ0) is 14.7. The van der Waals surface area contributed by atoms with Crippen molar-refractivity contribution in [2.24, 2.45) is 0 Å². The van der Waals surface area contributed by atoms with Crippen LogP contribution in [0.2, 0.25) is 0 Å². The molecule has 1 aromatic carbocycles. The standard InChI is InChI=1S/C11H15NO6S/c1-11(6-13,7-14)12-19(17,18)9-4-2-8(3-5-9)10(15)16/h2-5,12-14H,6-7H2,1H3,(H,15,16). The van der Waals surface area contributed by atoms with E-state index in [-0.39, 0.29) is 10.5 Å². The quantitative estimate of drug-likeness (QED) is 0.555. The van der Waals surface area contributed by atoms with E-state index in [0.29, 0.717) is 0 Å². The van der Waals surface area contributed by atoms with Crippen LogP contribution in [0.4, 0.5) is 0 Å². The first-order valence-corrected chi connectivity index (χ1v) is 6.81. The first-order chi connectivity index (χ1) is 8.74. The van der Waals surface area contributed by atoms with Gasteiger partial charge in [0, 0.05) is 0 Å². The van der Waals surface area contributed by atoms with Gasteiger partial charge in [-0.25, -0.2) is 17.9 Å². The van der Waals surface area contributed by atoms with E-state index in [1.54, 1.807) is 0 Å². The molecule has 0 saturated heterocycles. The highest BCUT2D eigenvalue weighted by Crippen LogP contribution is 2.14. The first kappa shape index (κ1) is 15.6. The monoisotopic (exact) mass is 289 g/mol. The zero-order valence-electron chi connectivity index (χ0n) is 10.2. The van der Waals surface area contributed by atoms with Crippen molar-refractivity contribution in [3.63, 3.8) is 0 Å². The molecule has 0 aromatic heterocycles. The molecule has 19 heavy (non-hydrogen) atoms. The van der Waals surface area contributed by atoms with E-state index in [2.05, 4.69) is 4.72 Å². The molecule has 0 aliphatic rings. The Labute approximate surface area is 110 Å². The molecule has 0 unspecified atom stereocenters. The highest BCUT2D eigenvalue weighted by Gasteiger charge is 2.29. The van der Waals surface area contributed by atoms with Gasteiger partial charge in [-0.1, -0.05) is 0 Å². The van der Waals surface area contributed by atoms with Gasteiger partial charge in [-0.15, -0.1) is 0 Å². The molecule has 106 valence electrons. The maximum atomic E-state index is 12.0. The first-order valence-electron chi connectivity index (χ1n) is 5.33. The van der Waals surface area contributed by atoms with Crippen molar-refractivity contribution < 1.29 is 28.5 Å². The van der Waals surface area contributed by atoms with Crippen LogP contribution in [0.15, 0.2) is 29.2 Å². The van der Waals surface area contributed by atoms with Crippen molar-refractivity contribution in [3.8, 4) is 0 Å². The van der Waals surface area contributed by atoms with Crippen molar-refractivity contribution in [3.05, 3.63) is 29.8 Å². The molecular formula is C11H15NO6S. The zero-order valence-corrected chi connectivity index (χ0v) is 11.0. The van der Waals surface area contributed by atoms with Crippen LogP contribution in [0.3, 0.4) is 0 Å². The lowest BCUT2D eigenvalue weighted by molar-refractivity contribution is 0.0696. The highest BCUT2D eigenvalue weighted by molar-refractivity contribution is 7.89. The van der Waals surface area contributed by atoms with E-state index in [0.717, 1.165) is 24.3 Å². The number of rotatable bonds is 6. The van der Waals surface area contributed by atoms with E-state index in [9.17, 15) is 13.2 Å². The molecule has 0 aliphatic heterocycles. The van der Waals surface area contributed by atoms with E-state index >= 15 is 0 Å². The lowest BCUT2D eigenvalue weighted by Gasteiger charge is -2.25. The number of benzene rings is 1. The molecule has 0 amide bonds. The van der Waals surface area contributed by atoms with Crippen molar-refractivity contribution >= 4 is 16.0 Å². The van der Waals surface area contributed by atoms with Crippen LogP contribution in [0.25, 0.3) is 0 Å². The number of carboxylic acid groups (broad SMARTS) is 1. The number of hydrogen-bond donors (Lipinski definition) is 4. The Bertz CT molecular complexity index is 547. The molecule has 0 bridgehead atoms. The summed E-state index contributed by atoms with van der Waals surface area (Å²) in [7, 11) is -3.95. The third-order valence-corrected chi connectivity index (χ3v) is 4.14. The van der Waals surface area contributed by atoms with Gasteiger partial charge < -0.3 is 15.3 Å². The van der Waals surface area contributed by atoms with Gasteiger partial charge in [0.25, 0.3) is 0 Å². The molecule has 4 N–H and O–H groups in total. The molecule has 0 saturated carbocycles. The van der Waals surface area contributed by atoms with Crippen LogP contribution < -0.4 is 4.72 Å². The number of aromatic carboxylic acids is 1. The Morgan fingerprint density at radius 1 is 1.21 bits per heavy atom. The van der Waals surface area contributed by atoms with E-state index in [1.807, 2.05) is 0 Å². The van der Waals surface area contributed by atoms with Crippen LogP contribution in [-0.4, -0.2) is 48.5 Å². The number of sulfonamides is 1. The highest BCUT2D eigenvalue weighted by atomic mass is 32.2. The topological polar surface area (TPSA) is 124 Å². The van der Waals surface area contributed by atoms with Gasteiger partial charge in [-0.2, -0.15) is 0 Å². The average Bonchev–Trinajstić information content (AvgIpc) is 2.38. The number of nitrogens with one attached hydrogen (secondary N) is 1. The minimum atomic E-state index is -3.95. The summed E-state index contributed by atoms with van der Waals surface area (Å²) in [5.74, 6) is -1.16. The van der Waals surface area contributed by atoms with Crippen molar-refractivity contribution in [2.45, 2.75) is 17.4 Å². The molecule has 0 atom stereocenters. The Morgan fingerprint density at radius 2 is 1.68 bits per heavy atom. The van der Waals surface area contributed by atoms with Gasteiger partial charge in [-0.05, 0) is 31.2 Å². The Morgan fingerprint density at radius 3 is 2.05 bits per heavy atom. The van der Waals surface area contributed by atoms with E-state index in [4.69, 9.17) is 15.3 Å². The normalized spacial score (nSPS) is 12.4. The lowest BCUT2D eigenvalue weighted by Crippen LogP contribution is -2.51. The maximum absolute atomic E-state index is 12.0. The van der Waals surface area contributed by atoms with Crippen LogP contribution in [0.1, 0.15) is 17.3 Å². The minimum Gasteiger partial charge on any atom is -0.478 e. The fourth-order valence-electron chi connectivity index (χ4n) is 1.27. The third kappa shape index (κ3) is 3.74. The van der Waals surface area contributed by atoms with Gasteiger partial charge in [0.05, 0.1) is 29.2 Å². The summed E-state index contributed by atoms with van der Waals surface area (Å²) in [5.41, 5.74) is -1.42. The molecule has 8 heteroatoms. The number of aliphatic hydroxyl groups excluding tert-OH is 2. The second kappa shape index (κ2) is 5.66. The Kier molecular flexibility index (Phi) is 4.64. The molecule has 0 heterocycles. The van der Waals surface area contributed by atoms with Gasteiger partial charge in [0.15, 0.2) is 0 Å². The maximum Gasteiger partial charge on any atom is 0.335 e. The fraction of sp³-hybridized carbons (Fsp3) is 0.364. The molecule has 1 aromatic rings. The molecule has 0 fully saturated rings. The summed E-state index contributed by atoms with van der Waals surface area (Å²) in [5, 5.41) is 26.8. The smallest absolute Gasteiger partial charge is 0.335 e. The van der Waals surface area contributed by atoms with E-state index < -0.39 is 34.7 Å². The Hall–Kier alpha value is -1.48. The molecule has 0 spiro atoms. The van der Waals surface area contributed by atoms with Crippen LogP contribution in [-0.2, 0) is 10.0 Å². The lowest BCUT2D eigenvalue weighted by atomic mass is 10.1. The molecule has 0 aliphatic carbocycles. The number of carbonyl (C=O) groups is 1. The molecular weight excluding hydrogens is 274 g/mol. The molecule has 7 nitrogen and oxygen atoms in total. The van der Waals surface area contributed by atoms with Gasteiger partial charge >= 0.3 is 5.97 Å². The Balaban J connectivity index is 3.04. The number of hydrogen-bond acceptors (Lipinski definition) is 5. The molecule has 1 rings (SSSR count). The van der Waals surface area contributed by atoms with Gasteiger partial charge in [0.1, 0.15) is 0 Å².